The second-order valence-electron chi connectivity index (χ2n) is 4.56. The number of fused-ring (bicyclic) bond motifs is 1. The van der Waals surface area contributed by atoms with Gasteiger partial charge in [-0.2, -0.15) is 5.10 Å². The van der Waals surface area contributed by atoms with Crippen LogP contribution in [0.15, 0.2) is 30.5 Å². The molecule has 0 amide bonds. The van der Waals surface area contributed by atoms with Gasteiger partial charge in [-0.15, -0.1) is 5.10 Å². The van der Waals surface area contributed by atoms with E-state index in [0.717, 1.165) is 16.6 Å². The highest BCUT2D eigenvalue weighted by Gasteiger charge is 2.17. The average molecular weight is 259 g/mol. The Morgan fingerprint density at radius 2 is 2.16 bits per heavy atom. The lowest BCUT2D eigenvalue weighted by Crippen LogP contribution is -2.30. The number of rotatable bonds is 4. The minimum atomic E-state index is -0.222. The van der Waals surface area contributed by atoms with Crippen LogP contribution in [0.2, 0.25) is 0 Å². The normalized spacial score (nSPS) is 12.2. The first-order valence-electron chi connectivity index (χ1n) is 6.13. The Balaban J connectivity index is 2.26. The maximum Gasteiger partial charge on any atom is 0.310 e. The molecule has 0 spiro atoms. The number of benzene rings is 1. The van der Waals surface area contributed by atoms with Crippen molar-refractivity contribution in [1.29, 1.82) is 0 Å². The average Bonchev–Trinajstić information content (AvgIpc) is 2.45. The third-order valence-corrected chi connectivity index (χ3v) is 3.06. The van der Waals surface area contributed by atoms with Gasteiger partial charge < -0.3 is 9.64 Å². The fourth-order valence-electron chi connectivity index (χ4n) is 2.07. The molecule has 100 valence electrons. The maximum atomic E-state index is 11.5. The molecule has 2 rings (SSSR count). The summed E-state index contributed by atoms with van der Waals surface area (Å²) in [7, 11) is 3.30. The third kappa shape index (κ3) is 2.81. The third-order valence-electron chi connectivity index (χ3n) is 3.06. The van der Waals surface area contributed by atoms with Crippen molar-refractivity contribution in [3.63, 3.8) is 0 Å². The Morgan fingerprint density at radius 1 is 1.42 bits per heavy atom. The summed E-state index contributed by atoms with van der Waals surface area (Å²) < 4.78 is 4.73. The molecule has 2 aromatic rings. The highest BCUT2D eigenvalue weighted by molar-refractivity contribution is 5.91. The highest BCUT2D eigenvalue weighted by Crippen LogP contribution is 2.22. The molecule has 5 nitrogen and oxygen atoms in total. The van der Waals surface area contributed by atoms with E-state index in [-0.39, 0.29) is 11.9 Å². The standard InChI is InChI=1S/C14H17N3O2/c1-10(14(18)19-3)9-17(2)13-12-7-5-4-6-11(12)8-15-16-13/h4-8,10H,9H2,1-3H3. The van der Waals surface area contributed by atoms with Crippen LogP contribution in [0.4, 0.5) is 5.82 Å². The van der Waals surface area contributed by atoms with Crippen LogP contribution in [-0.2, 0) is 9.53 Å². The summed E-state index contributed by atoms with van der Waals surface area (Å²) in [5, 5.41) is 10.2. The van der Waals surface area contributed by atoms with Crippen molar-refractivity contribution in [3.8, 4) is 0 Å². The smallest absolute Gasteiger partial charge is 0.310 e. The quantitative estimate of drug-likeness (QED) is 0.785. The SMILES string of the molecule is COC(=O)C(C)CN(C)c1nncc2ccccc12. The summed E-state index contributed by atoms with van der Waals surface area (Å²) >= 11 is 0. The van der Waals surface area contributed by atoms with Gasteiger partial charge in [0.05, 0.1) is 19.2 Å². The minimum Gasteiger partial charge on any atom is -0.469 e. The summed E-state index contributed by atoms with van der Waals surface area (Å²) in [6, 6.07) is 7.92. The van der Waals surface area contributed by atoms with Crippen LogP contribution in [0.1, 0.15) is 6.92 Å². The van der Waals surface area contributed by atoms with Gasteiger partial charge in [-0.3, -0.25) is 4.79 Å². The predicted molar refractivity (Wildman–Crippen MR) is 74.0 cm³/mol. The summed E-state index contributed by atoms with van der Waals surface area (Å²) in [6.07, 6.45) is 1.73. The maximum absolute atomic E-state index is 11.5. The monoisotopic (exact) mass is 259 g/mol. The minimum absolute atomic E-state index is 0.212. The summed E-state index contributed by atoms with van der Waals surface area (Å²) in [4.78, 5) is 13.4. The van der Waals surface area contributed by atoms with E-state index < -0.39 is 0 Å². The molecular weight excluding hydrogens is 242 g/mol. The Labute approximate surface area is 112 Å². The zero-order chi connectivity index (χ0) is 13.8. The number of methoxy groups -OCH3 is 1. The second kappa shape index (κ2) is 5.65. The Kier molecular flexibility index (Phi) is 3.94. The number of nitrogens with zero attached hydrogens (tertiary/aromatic N) is 3. The number of hydrogen-bond acceptors (Lipinski definition) is 5. The van der Waals surface area contributed by atoms with Gasteiger partial charge in [0.15, 0.2) is 5.82 Å². The molecule has 0 aliphatic heterocycles. The molecule has 0 aliphatic rings. The van der Waals surface area contributed by atoms with Crippen LogP contribution in [0, 0.1) is 5.92 Å². The van der Waals surface area contributed by atoms with E-state index in [9.17, 15) is 4.79 Å². The van der Waals surface area contributed by atoms with E-state index in [1.165, 1.54) is 7.11 Å². The summed E-state index contributed by atoms with van der Waals surface area (Å²) in [6.45, 7) is 2.37. The van der Waals surface area contributed by atoms with Crippen molar-refractivity contribution in [3.05, 3.63) is 30.5 Å². The van der Waals surface area contributed by atoms with Crippen molar-refractivity contribution in [2.45, 2.75) is 6.92 Å². The molecule has 0 radical (unpaired) electrons. The van der Waals surface area contributed by atoms with Gasteiger partial charge in [0.1, 0.15) is 0 Å². The van der Waals surface area contributed by atoms with E-state index in [0.29, 0.717) is 6.54 Å². The topological polar surface area (TPSA) is 55.3 Å². The molecule has 5 heteroatoms. The van der Waals surface area contributed by atoms with E-state index in [4.69, 9.17) is 4.74 Å². The van der Waals surface area contributed by atoms with Crippen LogP contribution >= 0.6 is 0 Å². The molecule has 0 saturated heterocycles. The number of aromatic nitrogens is 2. The first-order chi connectivity index (χ1) is 9.13. The van der Waals surface area contributed by atoms with Gasteiger partial charge in [-0.25, -0.2) is 0 Å². The Morgan fingerprint density at radius 3 is 2.89 bits per heavy atom. The molecule has 1 aromatic heterocycles. The van der Waals surface area contributed by atoms with Gasteiger partial charge in [0.25, 0.3) is 0 Å². The molecule has 0 bridgehead atoms. The van der Waals surface area contributed by atoms with E-state index in [1.54, 1.807) is 6.20 Å². The first kappa shape index (κ1) is 13.3. The number of esters is 1. The number of hydrogen-bond donors (Lipinski definition) is 0. The van der Waals surface area contributed by atoms with Gasteiger partial charge in [-0.05, 0) is 0 Å². The lowest BCUT2D eigenvalue weighted by molar-refractivity contribution is -0.144. The van der Waals surface area contributed by atoms with Crippen molar-refractivity contribution in [1.82, 2.24) is 10.2 Å². The largest absolute Gasteiger partial charge is 0.469 e. The van der Waals surface area contributed by atoms with E-state index in [2.05, 4.69) is 10.2 Å². The van der Waals surface area contributed by atoms with Gasteiger partial charge in [-0.1, -0.05) is 31.2 Å². The molecule has 1 heterocycles. The summed E-state index contributed by atoms with van der Waals surface area (Å²) in [5.74, 6) is 0.338. The van der Waals surface area contributed by atoms with E-state index in [1.807, 2.05) is 43.1 Å². The number of ether oxygens (including phenoxy) is 1. The predicted octanol–water partition coefficient (Wildman–Crippen LogP) is 1.88. The van der Waals surface area contributed by atoms with Crippen LogP contribution in [0.25, 0.3) is 10.8 Å². The molecule has 0 aliphatic carbocycles. The zero-order valence-corrected chi connectivity index (χ0v) is 11.3. The fraction of sp³-hybridized carbons (Fsp3) is 0.357. The number of carbonyl (C=O) groups excluding carboxylic acids is 1. The zero-order valence-electron chi connectivity index (χ0n) is 11.3. The van der Waals surface area contributed by atoms with Crippen LogP contribution in [-0.4, -0.2) is 36.9 Å². The molecular formula is C14H17N3O2. The van der Waals surface area contributed by atoms with Crippen molar-refractivity contribution < 1.29 is 9.53 Å². The molecule has 1 unspecified atom stereocenters. The Bertz CT molecular complexity index is 580. The second-order valence-corrected chi connectivity index (χ2v) is 4.56. The molecule has 1 aromatic carbocycles. The number of carbonyl (C=O) groups is 1. The van der Waals surface area contributed by atoms with Crippen LogP contribution in [0.5, 0.6) is 0 Å². The van der Waals surface area contributed by atoms with Crippen molar-refractivity contribution >= 4 is 22.6 Å². The number of anilines is 1. The molecule has 0 N–H and O–H groups in total. The van der Waals surface area contributed by atoms with Gasteiger partial charge in [0.2, 0.25) is 0 Å². The highest BCUT2D eigenvalue weighted by atomic mass is 16.5. The molecule has 1 atom stereocenters. The Hall–Kier alpha value is -2.17. The van der Waals surface area contributed by atoms with Gasteiger partial charge in [0, 0.05) is 24.4 Å². The summed E-state index contributed by atoms with van der Waals surface area (Å²) in [5.41, 5.74) is 0. The van der Waals surface area contributed by atoms with E-state index >= 15 is 0 Å². The molecule has 0 fully saturated rings. The molecule has 0 saturated carbocycles. The van der Waals surface area contributed by atoms with Crippen LogP contribution < -0.4 is 4.90 Å². The van der Waals surface area contributed by atoms with Gasteiger partial charge >= 0.3 is 5.97 Å². The lowest BCUT2D eigenvalue weighted by Gasteiger charge is -2.21. The van der Waals surface area contributed by atoms with Crippen LogP contribution in [0.3, 0.4) is 0 Å². The van der Waals surface area contributed by atoms with Crippen molar-refractivity contribution in [2.75, 3.05) is 25.6 Å². The van der Waals surface area contributed by atoms with Crippen molar-refractivity contribution in [2.24, 2.45) is 5.92 Å². The first-order valence-corrected chi connectivity index (χ1v) is 6.13. The fourth-order valence-corrected chi connectivity index (χ4v) is 2.07. The lowest BCUT2D eigenvalue weighted by atomic mass is 10.1. The molecule has 19 heavy (non-hydrogen) atoms.